The Morgan fingerprint density at radius 3 is 2.30 bits per heavy atom. The molecule has 0 aromatic rings. The van der Waals surface area contributed by atoms with E-state index in [-0.39, 0.29) is 0 Å². The fourth-order valence-electron chi connectivity index (χ4n) is 9.32. The van der Waals surface area contributed by atoms with Gasteiger partial charge in [-0.05, 0) is 104 Å². The van der Waals surface area contributed by atoms with Crippen LogP contribution < -0.4 is 0 Å². The Hall–Kier alpha value is 0. The minimum atomic E-state index is 0.677. The summed E-state index contributed by atoms with van der Waals surface area (Å²) in [6.07, 6.45) is 19.9. The van der Waals surface area contributed by atoms with Crippen LogP contribution in [0.2, 0.25) is 0 Å². The van der Waals surface area contributed by atoms with Gasteiger partial charge in [-0.3, -0.25) is 0 Å². The van der Waals surface area contributed by atoms with E-state index in [4.69, 9.17) is 0 Å². The highest BCUT2D eigenvalue weighted by Gasteiger charge is 2.59. The predicted molar refractivity (Wildman–Crippen MR) is 118 cm³/mol. The maximum Gasteiger partial charge on any atom is -0.0264 e. The summed E-state index contributed by atoms with van der Waals surface area (Å²) in [6.45, 7) is 12.9. The molecule has 0 aliphatic heterocycles. The molecule has 0 heterocycles. The first-order chi connectivity index (χ1) is 12.9. The molecule has 27 heavy (non-hydrogen) atoms. The zero-order chi connectivity index (χ0) is 19.2. The molecule has 0 amide bonds. The van der Waals surface area contributed by atoms with Crippen LogP contribution in [0.25, 0.3) is 0 Å². The Morgan fingerprint density at radius 1 is 0.741 bits per heavy atom. The molecule has 4 saturated carbocycles. The van der Waals surface area contributed by atoms with Crippen molar-refractivity contribution in [3.63, 3.8) is 0 Å². The second-order valence-electron chi connectivity index (χ2n) is 12.4. The molecule has 4 aliphatic rings. The quantitative estimate of drug-likeness (QED) is 0.453. The fraction of sp³-hybridized carbons (Fsp3) is 1.00. The summed E-state index contributed by atoms with van der Waals surface area (Å²) in [7, 11) is 0. The second kappa shape index (κ2) is 7.68. The lowest BCUT2D eigenvalue weighted by Crippen LogP contribution is -2.53. The molecule has 0 nitrogen and oxygen atoms in total. The van der Waals surface area contributed by atoms with Gasteiger partial charge in [0.25, 0.3) is 0 Å². The van der Waals surface area contributed by atoms with Crippen molar-refractivity contribution in [3.8, 4) is 0 Å². The molecular weight excluding hydrogens is 324 g/mol. The molecule has 0 bridgehead atoms. The first-order valence-corrected chi connectivity index (χ1v) is 12.9. The molecule has 0 N–H and O–H groups in total. The first-order valence-electron chi connectivity index (χ1n) is 12.9. The molecule has 4 aliphatic carbocycles. The number of hydrogen-bond donors (Lipinski definition) is 0. The van der Waals surface area contributed by atoms with Crippen LogP contribution in [0.3, 0.4) is 0 Å². The highest BCUT2D eigenvalue weighted by Crippen LogP contribution is 2.68. The molecule has 0 saturated heterocycles. The normalized spacial score (nSPS) is 48.0. The van der Waals surface area contributed by atoms with E-state index in [2.05, 4.69) is 34.6 Å². The van der Waals surface area contributed by atoms with Gasteiger partial charge in [0.1, 0.15) is 0 Å². The van der Waals surface area contributed by atoms with Crippen molar-refractivity contribution in [2.24, 2.45) is 52.3 Å². The van der Waals surface area contributed by atoms with Gasteiger partial charge >= 0.3 is 0 Å². The summed E-state index contributed by atoms with van der Waals surface area (Å²) >= 11 is 0. The summed E-state index contributed by atoms with van der Waals surface area (Å²) in [6, 6.07) is 0. The molecule has 0 radical (unpaired) electrons. The van der Waals surface area contributed by atoms with Crippen molar-refractivity contribution in [3.05, 3.63) is 0 Å². The van der Waals surface area contributed by atoms with E-state index < -0.39 is 0 Å². The van der Waals surface area contributed by atoms with Gasteiger partial charge in [0, 0.05) is 0 Å². The van der Waals surface area contributed by atoms with Crippen molar-refractivity contribution >= 4 is 0 Å². The number of fused-ring (bicyclic) bond motifs is 5. The molecule has 0 aromatic heterocycles. The Labute approximate surface area is 170 Å². The second-order valence-corrected chi connectivity index (χ2v) is 12.4. The monoisotopic (exact) mass is 372 g/mol. The topological polar surface area (TPSA) is 0 Å². The lowest BCUT2D eigenvalue weighted by atomic mass is 9.44. The van der Waals surface area contributed by atoms with E-state index in [0.29, 0.717) is 10.8 Å². The van der Waals surface area contributed by atoms with Crippen molar-refractivity contribution < 1.29 is 0 Å². The smallest absolute Gasteiger partial charge is 0.0264 e. The molecule has 4 rings (SSSR count). The Bertz CT molecular complexity index is 506. The van der Waals surface area contributed by atoms with Crippen LogP contribution in [0.1, 0.15) is 118 Å². The largest absolute Gasteiger partial charge is 0.0628 e. The lowest BCUT2D eigenvalue weighted by Gasteiger charge is -2.61. The summed E-state index contributed by atoms with van der Waals surface area (Å²) in [5.74, 6) is 7.15. The minimum absolute atomic E-state index is 0.677. The van der Waals surface area contributed by atoms with Gasteiger partial charge in [0.05, 0.1) is 0 Å². The van der Waals surface area contributed by atoms with Gasteiger partial charge in [-0.2, -0.15) is 0 Å². The van der Waals surface area contributed by atoms with Gasteiger partial charge < -0.3 is 0 Å². The third-order valence-electron chi connectivity index (χ3n) is 10.8. The fourth-order valence-corrected chi connectivity index (χ4v) is 9.32. The van der Waals surface area contributed by atoms with Crippen LogP contribution in [0.5, 0.6) is 0 Å². The molecule has 0 aromatic carbocycles. The average Bonchev–Trinajstić information content (AvgIpc) is 2.98. The van der Waals surface area contributed by atoms with Crippen molar-refractivity contribution in [2.75, 3.05) is 0 Å². The zero-order valence-electron chi connectivity index (χ0n) is 19.2. The molecule has 0 heteroatoms. The van der Waals surface area contributed by atoms with Crippen LogP contribution in [0, 0.1) is 52.3 Å². The van der Waals surface area contributed by atoms with Crippen LogP contribution in [-0.2, 0) is 0 Å². The van der Waals surface area contributed by atoms with Crippen LogP contribution in [-0.4, -0.2) is 0 Å². The molecule has 4 fully saturated rings. The average molecular weight is 373 g/mol. The standard InChI is InChI=1S/C27H48/c1-19(2)9-8-10-20(3)23-14-15-24-22-13-12-21-11-6-7-17-26(21,4)25(22)16-18-27(23,24)5/h19-25H,6-18H2,1-5H3/t20-,21-,22-,23-,24+,25+,26-,27+/m0/s1. The van der Waals surface area contributed by atoms with Crippen molar-refractivity contribution in [1.29, 1.82) is 0 Å². The van der Waals surface area contributed by atoms with Gasteiger partial charge in [0.15, 0.2) is 0 Å². The third-order valence-corrected chi connectivity index (χ3v) is 10.8. The van der Waals surface area contributed by atoms with E-state index in [1.54, 1.807) is 51.4 Å². The van der Waals surface area contributed by atoms with Gasteiger partial charge in [-0.1, -0.05) is 66.7 Å². The van der Waals surface area contributed by atoms with E-state index in [9.17, 15) is 0 Å². The summed E-state index contributed by atoms with van der Waals surface area (Å²) in [5, 5.41) is 0. The molecule has 0 unspecified atom stereocenters. The predicted octanol–water partition coefficient (Wildman–Crippen LogP) is 8.50. The van der Waals surface area contributed by atoms with E-state index in [1.807, 2.05) is 0 Å². The molecule has 0 spiro atoms. The Balaban J connectivity index is 1.46. The van der Waals surface area contributed by atoms with Gasteiger partial charge in [-0.25, -0.2) is 0 Å². The lowest BCUT2D eigenvalue weighted by molar-refractivity contribution is -0.114. The molecule has 8 atom stereocenters. The minimum Gasteiger partial charge on any atom is -0.0628 e. The first kappa shape index (κ1) is 20.3. The van der Waals surface area contributed by atoms with Crippen LogP contribution in [0.4, 0.5) is 0 Å². The Kier molecular flexibility index (Phi) is 5.77. The van der Waals surface area contributed by atoms with Crippen molar-refractivity contribution in [2.45, 2.75) is 118 Å². The summed E-state index contributed by atoms with van der Waals surface area (Å²) in [4.78, 5) is 0. The summed E-state index contributed by atoms with van der Waals surface area (Å²) < 4.78 is 0. The highest BCUT2D eigenvalue weighted by molar-refractivity contribution is 5.09. The van der Waals surface area contributed by atoms with E-state index in [1.165, 1.54) is 32.1 Å². The van der Waals surface area contributed by atoms with Gasteiger partial charge in [0.2, 0.25) is 0 Å². The van der Waals surface area contributed by atoms with Crippen LogP contribution in [0.15, 0.2) is 0 Å². The maximum atomic E-state index is 2.75. The molecule has 156 valence electrons. The zero-order valence-corrected chi connectivity index (χ0v) is 19.2. The SMILES string of the molecule is CC(C)CCC[C@H](C)[C@@H]1CC[C@@H]2[C@@H]3CC[C@@H]4CCCC[C@]4(C)[C@@H]3CC[C@@]21C. The van der Waals surface area contributed by atoms with Crippen LogP contribution >= 0.6 is 0 Å². The third kappa shape index (κ3) is 3.44. The van der Waals surface area contributed by atoms with Gasteiger partial charge in [-0.15, -0.1) is 0 Å². The van der Waals surface area contributed by atoms with E-state index >= 15 is 0 Å². The molecular formula is C27H48. The van der Waals surface area contributed by atoms with Crippen molar-refractivity contribution in [1.82, 2.24) is 0 Å². The number of hydrogen-bond acceptors (Lipinski definition) is 0. The number of rotatable bonds is 5. The van der Waals surface area contributed by atoms with E-state index in [0.717, 1.165) is 41.4 Å². The maximum absolute atomic E-state index is 2.75. The Morgan fingerprint density at radius 2 is 1.52 bits per heavy atom. The highest BCUT2D eigenvalue weighted by atomic mass is 14.6. The summed E-state index contributed by atoms with van der Waals surface area (Å²) in [5.41, 5.74) is 1.39.